The van der Waals surface area contributed by atoms with E-state index in [1.165, 1.54) is 11.5 Å². The third-order valence-electron chi connectivity index (χ3n) is 1.88. The van der Waals surface area contributed by atoms with Crippen molar-refractivity contribution in [1.82, 2.24) is 4.37 Å². The molecule has 0 aromatic carbocycles. The van der Waals surface area contributed by atoms with E-state index in [1.807, 2.05) is 38.3 Å². The first-order chi connectivity index (χ1) is 7.96. The van der Waals surface area contributed by atoms with Gasteiger partial charge in [-0.25, -0.2) is 4.79 Å². The molecule has 0 unspecified atom stereocenters. The van der Waals surface area contributed by atoms with Gasteiger partial charge in [0.2, 0.25) is 0 Å². The Morgan fingerprint density at radius 2 is 2.18 bits per heavy atom. The van der Waals surface area contributed by atoms with Crippen molar-refractivity contribution in [2.45, 2.75) is 26.4 Å². The predicted octanol–water partition coefficient (Wildman–Crippen LogP) is 3.83. The third-order valence-corrected chi connectivity index (χ3v) is 3.55. The van der Waals surface area contributed by atoms with Crippen LogP contribution >= 0.6 is 22.9 Å². The molecule has 0 spiro atoms. The molecule has 0 saturated carbocycles. The monoisotopic (exact) mass is 267 g/mol. The Labute approximate surface area is 108 Å². The Balaban J connectivity index is 2.16. The van der Waals surface area contributed by atoms with E-state index in [9.17, 15) is 4.79 Å². The number of carbonyl (C=O) groups is 1. The summed E-state index contributed by atoms with van der Waals surface area (Å²) in [6, 6.07) is 5.73. The van der Waals surface area contributed by atoms with Crippen molar-refractivity contribution in [1.29, 1.82) is 0 Å². The quantitative estimate of drug-likeness (QED) is 0.776. The van der Waals surface area contributed by atoms with Gasteiger partial charge in [-0.05, 0) is 49.8 Å². The van der Waals surface area contributed by atoms with Crippen LogP contribution in [-0.2, 0) is 4.74 Å². The molecule has 0 aliphatic carbocycles. The van der Waals surface area contributed by atoms with Gasteiger partial charge in [-0.15, -0.1) is 11.3 Å². The highest BCUT2D eigenvalue weighted by molar-refractivity contribution is 7.14. The number of hydrogen-bond acceptors (Lipinski definition) is 5. The molecule has 0 aliphatic rings. The molecule has 0 atom stereocenters. The van der Waals surface area contributed by atoms with Gasteiger partial charge in [0, 0.05) is 0 Å². The molecule has 0 aliphatic heterocycles. The van der Waals surface area contributed by atoms with Crippen molar-refractivity contribution in [2.24, 2.45) is 0 Å². The number of carbonyl (C=O) groups excluding carboxylic acids is 1. The number of rotatable bonds is 2. The molecule has 2 heterocycles. The van der Waals surface area contributed by atoms with Crippen LogP contribution in [0.25, 0.3) is 10.6 Å². The van der Waals surface area contributed by atoms with E-state index in [-0.39, 0.29) is 5.97 Å². The average Bonchev–Trinajstić information content (AvgIpc) is 2.86. The number of ether oxygens (including phenoxy) is 1. The summed E-state index contributed by atoms with van der Waals surface area (Å²) in [6.45, 7) is 5.56. The maximum Gasteiger partial charge on any atom is 0.350 e. The van der Waals surface area contributed by atoms with Crippen molar-refractivity contribution in [2.75, 3.05) is 0 Å². The Hall–Kier alpha value is -1.20. The zero-order chi connectivity index (χ0) is 12.5. The van der Waals surface area contributed by atoms with E-state index in [2.05, 4.69) is 4.37 Å². The molecule has 0 N–H and O–H groups in total. The number of thiophene rings is 1. The summed E-state index contributed by atoms with van der Waals surface area (Å²) in [5.74, 6) is -0.308. The summed E-state index contributed by atoms with van der Waals surface area (Å²) in [6.07, 6.45) is 0. The lowest BCUT2D eigenvalue weighted by Gasteiger charge is -2.18. The van der Waals surface area contributed by atoms with Gasteiger partial charge in [-0.1, -0.05) is 6.07 Å². The van der Waals surface area contributed by atoms with E-state index in [4.69, 9.17) is 4.74 Å². The molecule has 0 amide bonds. The van der Waals surface area contributed by atoms with Gasteiger partial charge < -0.3 is 4.74 Å². The summed E-state index contributed by atoms with van der Waals surface area (Å²) in [7, 11) is 0. The van der Waals surface area contributed by atoms with Crippen LogP contribution in [0.5, 0.6) is 0 Å². The minimum absolute atomic E-state index is 0.308. The van der Waals surface area contributed by atoms with Gasteiger partial charge in [-0.2, -0.15) is 4.37 Å². The summed E-state index contributed by atoms with van der Waals surface area (Å²) in [4.78, 5) is 13.4. The van der Waals surface area contributed by atoms with Crippen LogP contribution in [0.2, 0.25) is 0 Å². The zero-order valence-corrected chi connectivity index (χ0v) is 11.5. The van der Waals surface area contributed by atoms with E-state index in [0.29, 0.717) is 4.88 Å². The summed E-state index contributed by atoms with van der Waals surface area (Å²) in [5, 5.41) is 1.99. The van der Waals surface area contributed by atoms with E-state index >= 15 is 0 Å². The highest BCUT2D eigenvalue weighted by atomic mass is 32.1. The second-order valence-corrected chi connectivity index (χ2v) is 6.31. The van der Waals surface area contributed by atoms with Gasteiger partial charge in [0.05, 0.1) is 10.6 Å². The Kier molecular flexibility index (Phi) is 3.31. The van der Waals surface area contributed by atoms with Crippen LogP contribution in [0.15, 0.2) is 23.6 Å². The summed E-state index contributed by atoms with van der Waals surface area (Å²) >= 11 is 2.78. The van der Waals surface area contributed by atoms with Crippen LogP contribution < -0.4 is 0 Å². The van der Waals surface area contributed by atoms with Crippen LogP contribution in [0.1, 0.15) is 30.4 Å². The van der Waals surface area contributed by atoms with Gasteiger partial charge in [0.1, 0.15) is 10.5 Å². The standard InChI is InChI=1S/C12H13NO2S2/c1-12(2,3)15-11(14)10-7-8(13-17-10)9-5-4-6-16-9/h4-7H,1-3H3. The summed E-state index contributed by atoms with van der Waals surface area (Å²) in [5.41, 5.74) is 0.371. The molecule has 3 nitrogen and oxygen atoms in total. The number of hydrogen-bond donors (Lipinski definition) is 0. The van der Waals surface area contributed by atoms with E-state index in [0.717, 1.165) is 10.6 Å². The molecule has 0 bridgehead atoms. The SMILES string of the molecule is CC(C)(C)OC(=O)c1cc(-c2cccs2)ns1. The first-order valence-electron chi connectivity index (χ1n) is 5.20. The fraction of sp³-hybridized carbons (Fsp3) is 0.333. The zero-order valence-electron chi connectivity index (χ0n) is 9.89. The molecule has 90 valence electrons. The highest BCUT2D eigenvalue weighted by Crippen LogP contribution is 2.27. The number of nitrogens with zero attached hydrogens (tertiary/aromatic N) is 1. The normalized spacial score (nSPS) is 11.5. The van der Waals surface area contributed by atoms with Gasteiger partial charge in [-0.3, -0.25) is 0 Å². The Morgan fingerprint density at radius 1 is 1.41 bits per heavy atom. The first kappa shape index (κ1) is 12.3. The van der Waals surface area contributed by atoms with Crippen LogP contribution in [0.3, 0.4) is 0 Å². The number of esters is 1. The molecule has 2 aromatic heterocycles. The molecule has 0 fully saturated rings. The summed E-state index contributed by atoms with van der Waals surface area (Å²) < 4.78 is 9.55. The Bertz CT molecular complexity index is 509. The third kappa shape index (κ3) is 3.14. The van der Waals surface area contributed by atoms with Crippen molar-refractivity contribution in [3.63, 3.8) is 0 Å². The van der Waals surface area contributed by atoms with Crippen molar-refractivity contribution in [3.8, 4) is 10.6 Å². The van der Waals surface area contributed by atoms with Crippen LogP contribution in [0, 0.1) is 0 Å². The van der Waals surface area contributed by atoms with Crippen LogP contribution in [0.4, 0.5) is 0 Å². The van der Waals surface area contributed by atoms with Crippen molar-refractivity contribution in [3.05, 3.63) is 28.5 Å². The topological polar surface area (TPSA) is 39.2 Å². The second kappa shape index (κ2) is 4.58. The molecule has 2 aromatic rings. The fourth-order valence-corrected chi connectivity index (χ4v) is 2.61. The molecular weight excluding hydrogens is 254 g/mol. The van der Waals surface area contributed by atoms with Gasteiger partial charge in [0.15, 0.2) is 0 Å². The molecule has 2 rings (SSSR count). The molecule has 0 radical (unpaired) electrons. The molecule has 0 saturated heterocycles. The highest BCUT2D eigenvalue weighted by Gasteiger charge is 2.20. The minimum Gasteiger partial charge on any atom is -0.456 e. The predicted molar refractivity (Wildman–Crippen MR) is 70.6 cm³/mol. The fourth-order valence-electron chi connectivity index (χ4n) is 1.24. The lowest BCUT2D eigenvalue weighted by atomic mass is 10.2. The van der Waals surface area contributed by atoms with Gasteiger partial charge >= 0.3 is 5.97 Å². The first-order valence-corrected chi connectivity index (χ1v) is 6.85. The molecule has 5 heteroatoms. The maximum atomic E-state index is 11.8. The minimum atomic E-state index is -0.468. The second-order valence-electron chi connectivity index (χ2n) is 4.56. The largest absolute Gasteiger partial charge is 0.456 e. The maximum absolute atomic E-state index is 11.8. The average molecular weight is 267 g/mol. The van der Waals surface area contributed by atoms with E-state index in [1.54, 1.807) is 17.4 Å². The lowest BCUT2D eigenvalue weighted by molar-refractivity contribution is 0.00753. The van der Waals surface area contributed by atoms with Gasteiger partial charge in [0.25, 0.3) is 0 Å². The van der Waals surface area contributed by atoms with Crippen LogP contribution in [-0.4, -0.2) is 15.9 Å². The molecular formula is C12H13NO2S2. The molecule has 17 heavy (non-hydrogen) atoms. The number of aromatic nitrogens is 1. The smallest absolute Gasteiger partial charge is 0.350 e. The van der Waals surface area contributed by atoms with E-state index < -0.39 is 5.60 Å². The lowest BCUT2D eigenvalue weighted by Crippen LogP contribution is -2.23. The van der Waals surface area contributed by atoms with Crippen molar-refractivity contribution < 1.29 is 9.53 Å². The van der Waals surface area contributed by atoms with Crippen molar-refractivity contribution >= 4 is 28.8 Å². The Morgan fingerprint density at radius 3 is 2.76 bits per heavy atom.